The van der Waals surface area contributed by atoms with Crippen LogP contribution in [0.15, 0.2) is 0 Å². The number of amides is 1. The van der Waals surface area contributed by atoms with Gasteiger partial charge in [0.05, 0.1) is 6.61 Å². The molecule has 1 saturated carbocycles. The quantitative estimate of drug-likeness (QED) is 0.594. The Labute approximate surface area is 72.5 Å². The van der Waals surface area contributed by atoms with E-state index >= 15 is 0 Å². The molecule has 1 atom stereocenters. The van der Waals surface area contributed by atoms with Crippen LogP contribution in [0, 0.1) is 0 Å². The first kappa shape index (κ1) is 9.48. The van der Waals surface area contributed by atoms with Crippen molar-refractivity contribution in [2.45, 2.75) is 31.9 Å². The predicted molar refractivity (Wildman–Crippen MR) is 45.6 cm³/mol. The second-order valence-corrected chi connectivity index (χ2v) is 3.08. The summed E-state index contributed by atoms with van der Waals surface area (Å²) in [6.07, 6.45) is 1.85. The van der Waals surface area contributed by atoms with Gasteiger partial charge in [-0.1, -0.05) is 0 Å². The third-order valence-corrected chi connectivity index (χ3v) is 1.78. The van der Waals surface area contributed by atoms with Gasteiger partial charge in [-0.2, -0.15) is 0 Å². The van der Waals surface area contributed by atoms with Gasteiger partial charge in [-0.3, -0.25) is 4.79 Å². The van der Waals surface area contributed by atoms with Crippen molar-refractivity contribution in [2.24, 2.45) is 5.73 Å². The summed E-state index contributed by atoms with van der Waals surface area (Å²) in [5, 5.41) is 2.86. The number of rotatable bonds is 5. The molecule has 0 bridgehead atoms. The highest BCUT2D eigenvalue weighted by molar-refractivity contribution is 5.80. The summed E-state index contributed by atoms with van der Waals surface area (Å²) in [6.45, 7) is 2.65. The molecule has 0 aromatic rings. The van der Waals surface area contributed by atoms with Crippen LogP contribution in [0.1, 0.15) is 19.8 Å². The molecule has 0 heterocycles. The van der Waals surface area contributed by atoms with Crippen LogP contribution in [0.3, 0.4) is 0 Å². The maximum Gasteiger partial charge on any atom is 0.249 e. The summed E-state index contributed by atoms with van der Waals surface area (Å²) in [6, 6.07) is 0.404. The monoisotopic (exact) mass is 172 g/mol. The minimum absolute atomic E-state index is 0.0223. The van der Waals surface area contributed by atoms with Crippen molar-refractivity contribution in [3.63, 3.8) is 0 Å². The van der Waals surface area contributed by atoms with Crippen LogP contribution >= 0.6 is 0 Å². The van der Waals surface area contributed by atoms with Gasteiger partial charge in [0.15, 0.2) is 0 Å². The van der Waals surface area contributed by atoms with E-state index < -0.39 is 0 Å². The first-order valence-electron chi connectivity index (χ1n) is 4.36. The third-order valence-electron chi connectivity index (χ3n) is 1.78. The molecule has 0 aromatic carbocycles. The topological polar surface area (TPSA) is 64.3 Å². The van der Waals surface area contributed by atoms with Gasteiger partial charge >= 0.3 is 0 Å². The number of ether oxygens (including phenoxy) is 1. The summed E-state index contributed by atoms with van der Waals surface area (Å²) in [5.74, 6) is -0.0223. The van der Waals surface area contributed by atoms with Crippen LogP contribution in [0.5, 0.6) is 0 Å². The lowest BCUT2D eigenvalue weighted by molar-refractivity contribution is -0.131. The lowest BCUT2D eigenvalue weighted by Crippen LogP contribution is -2.36. The highest BCUT2D eigenvalue weighted by Gasteiger charge is 2.25. The average molecular weight is 172 g/mol. The zero-order chi connectivity index (χ0) is 8.97. The van der Waals surface area contributed by atoms with Crippen molar-refractivity contribution in [3.05, 3.63) is 0 Å². The van der Waals surface area contributed by atoms with Gasteiger partial charge in [-0.15, -0.1) is 0 Å². The molecule has 1 amide bonds. The van der Waals surface area contributed by atoms with E-state index in [-0.39, 0.29) is 12.0 Å². The Bertz CT molecular complexity index is 157. The van der Waals surface area contributed by atoms with Gasteiger partial charge in [0, 0.05) is 12.6 Å². The summed E-state index contributed by atoms with van der Waals surface area (Å²) in [5.41, 5.74) is 5.23. The van der Waals surface area contributed by atoms with Crippen LogP contribution in [0.4, 0.5) is 0 Å². The smallest absolute Gasteiger partial charge is 0.249 e. The zero-order valence-corrected chi connectivity index (χ0v) is 7.38. The number of carbonyl (C=O) groups is 1. The summed E-state index contributed by atoms with van der Waals surface area (Å²) in [4.78, 5) is 11.2. The molecule has 70 valence electrons. The Kier molecular flexibility index (Phi) is 3.49. The van der Waals surface area contributed by atoms with Crippen molar-refractivity contribution in [3.8, 4) is 0 Å². The fourth-order valence-electron chi connectivity index (χ4n) is 0.867. The SMILES string of the molecule is CC(OCCN)C(=O)NC1CC1. The number of nitrogens with two attached hydrogens (primary N) is 1. The first-order chi connectivity index (χ1) is 5.74. The molecule has 1 aliphatic rings. The van der Waals surface area contributed by atoms with Crippen molar-refractivity contribution in [1.82, 2.24) is 5.32 Å². The lowest BCUT2D eigenvalue weighted by atomic mass is 10.3. The summed E-state index contributed by atoms with van der Waals surface area (Å²) >= 11 is 0. The van der Waals surface area contributed by atoms with Crippen LogP contribution in [-0.4, -0.2) is 31.2 Å². The molecule has 3 N–H and O–H groups in total. The van der Waals surface area contributed by atoms with Gasteiger partial charge in [-0.25, -0.2) is 0 Å². The molecule has 4 heteroatoms. The molecule has 1 unspecified atom stereocenters. The van der Waals surface area contributed by atoms with Gasteiger partial charge in [0.1, 0.15) is 6.10 Å². The van der Waals surface area contributed by atoms with E-state index in [4.69, 9.17) is 10.5 Å². The molecule has 4 nitrogen and oxygen atoms in total. The molecule has 12 heavy (non-hydrogen) atoms. The molecule has 0 radical (unpaired) electrons. The van der Waals surface area contributed by atoms with Crippen molar-refractivity contribution in [2.75, 3.05) is 13.2 Å². The van der Waals surface area contributed by atoms with E-state index in [1.807, 2.05) is 0 Å². The first-order valence-corrected chi connectivity index (χ1v) is 4.36. The molecule has 0 saturated heterocycles. The predicted octanol–water partition coefficient (Wildman–Crippen LogP) is -0.371. The largest absolute Gasteiger partial charge is 0.367 e. The summed E-state index contributed by atoms with van der Waals surface area (Å²) in [7, 11) is 0. The molecule has 0 spiro atoms. The van der Waals surface area contributed by atoms with Crippen molar-refractivity contribution < 1.29 is 9.53 Å². The van der Waals surface area contributed by atoms with Gasteiger partial charge in [0.25, 0.3) is 0 Å². The van der Waals surface area contributed by atoms with E-state index in [1.54, 1.807) is 6.92 Å². The minimum atomic E-state index is -0.367. The van der Waals surface area contributed by atoms with Crippen LogP contribution in [0.2, 0.25) is 0 Å². The van der Waals surface area contributed by atoms with Gasteiger partial charge in [0.2, 0.25) is 5.91 Å². The fraction of sp³-hybridized carbons (Fsp3) is 0.875. The van der Waals surface area contributed by atoms with Gasteiger partial charge < -0.3 is 15.8 Å². The lowest BCUT2D eigenvalue weighted by Gasteiger charge is -2.11. The van der Waals surface area contributed by atoms with Crippen LogP contribution in [-0.2, 0) is 9.53 Å². The Morgan fingerprint density at radius 2 is 2.42 bits per heavy atom. The normalized spacial score (nSPS) is 18.8. The van der Waals surface area contributed by atoms with Gasteiger partial charge in [-0.05, 0) is 19.8 Å². The highest BCUT2D eigenvalue weighted by atomic mass is 16.5. The van der Waals surface area contributed by atoms with E-state index in [0.29, 0.717) is 19.2 Å². The Balaban J connectivity index is 2.11. The molecular weight excluding hydrogens is 156 g/mol. The zero-order valence-electron chi connectivity index (χ0n) is 7.38. The van der Waals surface area contributed by atoms with Crippen LogP contribution < -0.4 is 11.1 Å². The van der Waals surface area contributed by atoms with Crippen molar-refractivity contribution >= 4 is 5.91 Å². The number of hydrogen-bond acceptors (Lipinski definition) is 3. The molecule has 0 aromatic heterocycles. The molecule has 1 rings (SSSR count). The second-order valence-electron chi connectivity index (χ2n) is 3.08. The Morgan fingerprint density at radius 1 is 1.75 bits per heavy atom. The highest BCUT2D eigenvalue weighted by Crippen LogP contribution is 2.18. The molecule has 1 fully saturated rings. The fourth-order valence-corrected chi connectivity index (χ4v) is 0.867. The standard InChI is InChI=1S/C8H16N2O2/c1-6(12-5-4-9)8(11)10-7-2-3-7/h6-7H,2-5,9H2,1H3,(H,10,11). The third kappa shape index (κ3) is 3.19. The van der Waals surface area contributed by atoms with E-state index in [1.165, 1.54) is 0 Å². The second kappa shape index (κ2) is 4.42. The Morgan fingerprint density at radius 3 is 2.92 bits per heavy atom. The van der Waals surface area contributed by atoms with Crippen molar-refractivity contribution in [1.29, 1.82) is 0 Å². The number of hydrogen-bond donors (Lipinski definition) is 2. The van der Waals surface area contributed by atoms with Crippen LogP contribution in [0.25, 0.3) is 0 Å². The molecule has 0 aliphatic heterocycles. The maximum atomic E-state index is 11.2. The minimum Gasteiger partial charge on any atom is -0.367 e. The van der Waals surface area contributed by atoms with E-state index in [0.717, 1.165) is 12.8 Å². The number of carbonyl (C=O) groups excluding carboxylic acids is 1. The summed E-state index contributed by atoms with van der Waals surface area (Å²) < 4.78 is 5.14. The average Bonchev–Trinajstić information content (AvgIpc) is 2.83. The number of nitrogens with one attached hydrogen (secondary N) is 1. The maximum absolute atomic E-state index is 11.2. The van der Waals surface area contributed by atoms with E-state index in [2.05, 4.69) is 5.32 Å². The van der Waals surface area contributed by atoms with E-state index in [9.17, 15) is 4.79 Å². The Hall–Kier alpha value is -0.610. The molecular formula is C8H16N2O2. The molecule has 1 aliphatic carbocycles.